The van der Waals surface area contributed by atoms with Gasteiger partial charge in [0.05, 0.1) is 18.6 Å². The van der Waals surface area contributed by atoms with Crippen molar-refractivity contribution in [2.75, 3.05) is 7.11 Å². The van der Waals surface area contributed by atoms with Crippen LogP contribution in [0.15, 0.2) is 45.0 Å². The number of aromatic nitrogens is 1. The molecule has 0 saturated carbocycles. The zero-order chi connectivity index (χ0) is 20.6. The molecule has 6 nitrogen and oxygen atoms in total. The van der Waals surface area contributed by atoms with Gasteiger partial charge in [-0.3, -0.25) is 4.79 Å². The van der Waals surface area contributed by atoms with E-state index in [0.29, 0.717) is 29.2 Å². The molecule has 2 aromatic rings. The maximum Gasteiger partial charge on any atom is 0.258 e. The number of aryl methyl sites for hydroxylation is 1. The number of halogens is 1. The van der Waals surface area contributed by atoms with Crippen LogP contribution in [0.3, 0.4) is 0 Å². The predicted octanol–water partition coefficient (Wildman–Crippen LogP) is 3.80. The molecule has 0 spiro atoms. The van der Waals surface area contributed by atoms with Crippen LogP contribution in [0.1, 0.15) is 36.6 Å². The molecule has 1 aromatic heterocycles. The van der Waals surface area contributed by atoms with E-state index in [2.05, 4.69) is 35.8 Å². The summed E-state index contributed by atoms with van der Waals surface area (Å²) in [7, 11) is 1.55. The molecule has 0 saturated heterocycles. The van der Waals surface area contributed by atoms with E-state index in [-0.39, 0.29) is 22.9 Å². The number of nitrogens with two attached hydrogens (primary N) is 1. The summed E-state index contributed by atoms with van der Waals surface area (Å²) in [6.45, 7) is 6.54. The molecule has 28 heavy (non-hydrogen) atoms. The van der Waals surface area contributed by atoms with Gasteiger partial charge in [0, 0.05) is 28.3 Å². The molecule has 146 valence electrons. The van der Waals surface area contributed by atoms with Crippen LogP contribution in [0.4, 0.5) is 0 Å². The van der Waals surface area contributed by atoms with Crippen LogP contribution in [0.25, 0.3) is 0 Å². The summed E-state index contributed by atoms with van der Waals surface area (Å²) in [6.07, 6.45) is 0. The third kappa shape index (κ3) is 3.40. The van der Waals surface area contributed by atoms with E-state index in [9.17, 15) is 10.1 Å². The zero-order valence-corrected chi connectivity index (χ0v) is 17.8. The number of rotatable bonds is 4. The standard InChI is InChI=1S/C21H22BrN3O3/c1-11(2)10-25-12(3)7-17-19(21(25)26)18(15(9-23)20(24)28-17)14-8-13(22)5-6-16(14)27-4/h5-8,11,18H,10,24H2,1-4H3. The number of methoxy groups -OCH3 is 1. The SMILES string of the molecule is COc1ccc(Br)cc1C1C(C#N)=C(N)Oc2cc(C)n(CC(C)C)c(=O)c21. The second-order valence-corrected chi connectivity index (χ2v) is 8.10. The summed E-state index contributed by atoms with van der Waals surface area (Å²) in [5.41, 5.74) is 7.92. The van der Waals surface area contributed by atoms with Gasteiger partial charge in [0.1, 0.15) is 23.1 Å². The van der Waals surface area contributed by atoms with Crippen molar-refractivity contribution < 1.29 is 9.47 Å². The average molecular weight is 444 g/mol. The van der Waals surface area contributed by atoms with Crippen LogP contribution in [0, 0.1) is 24.2 Å². The minimum absolute atomic E-state index is 0.00226. The Morgan fingerprint density at radius 1 is 1.39 bits per heavy atom. The van der Waals surface area contributed by atoms with Gasteiger partial charge < -0.3 is 19.8 Å². The van der Waals surface area contributed by atoms with Crippen LogP contribution in [0.5, 0.6) is 11.5 Å². The van der Waals surface area contributed by atoms with Crippen molar-refractivity contribution in [1.29, 1.82) is 5.26 Å². The van der Waals surface area contributed by atoms with E-state index >= 15 is 0 Å². The fourth-order valence-corrected chi connectivity index (χ4v) is 3.90. The highest BCUT2D eigenvalue weighted by Crippen LogP contribution is 2.44. The fraction of sp³-hybridized carbons (Fsp3) is 0.333. The van der Waals surface area contributed by atoms with Gasteiger partial charge in [0.25, 0.3) is 5.56 Å². The minimum Gasteiger partial charge on any atom is -0.496 e. The molecule has 1 aromatic carbocycles. The highest BCUT2D eigenvalue weighted by Gasteiger charge is 2.36. The number of fused-ring (bicyclic) bond motifs is 1. The van der Waals surface area contributed by atoms with Gasteiger partial charge in [0.2, 0.25) is 5.88 Å². The van der Waals surface area contributed by atoms with Gasteiger partial charge in [0.15, 0.2) is 0 Å². The summed E-state index contributed by atoms with van der Waals surface area (Å²) in [5, 5.41) is 9.78. The van der Waals surface area contributed by atoms with Gasteiger partial charge >= 0.3 is 0 Å². The van der Waals surface area contributed by atoms with E-state index in [1.165, 1.54) is 0 Å². The lowest BCUT2D eigenvalue weighted by molar-refractivity contribution is 0.380. The second kappa shape index (κ2) is 7.72. The minimum atomic E-state index is -0.673. The Kier molecular flexibility index (Phi) is 5.52. The van der Waals surface area contributed by atoms with E-state index in [0.717, 1.165) is 10.2 Å². The Balaban J connectivity index is 2.37. The third-order valence-electron chi connectivity index (χ3n) is 4.74. The van der Waals surface area contributed by atoms with E-state index in [1.54, 1.807) is 23.8 Å². The molecule has 0 radical (unpaired) electrons. The average Bonchev–Trinajstić information content (AvgIpc) is 2.63. The Labute approximate surface area is 172 Å². The molecule has 1 aliphatic heterocycles. The zero-order valence-electron chi connectivity index (χ0n) is 16.2. The van der Waals surface area contributed by atoms with Crippen LogP contribution >= 0.6 is 15.9 Å². The van der Waals surface area contributed by atoms with Crippen LogP contribution in [0.2, 0.25) is 0 Å². The third-order valence-corrected chi connectivity index (χ3v) is 5.23. The molecule has 2 N–H and O–H groups in total. The Bertz CT molecular complexity index is 1060. The number of nitrogens with zero attached hydrogens (tertiary/aromatic N) is 2. The molecule has 1 unspecified atom stereocenters. The number of hydrogen-bond donors (Lipinski definition) is 1. The molecule has 0 bridgehead atoms. The molecule has 7 heteroatoms. The molecule has 0 aliphatic carbocycles. The summed E-state index contributed by atoms with van der Waals surface area (Å²) >= 11 is 3.47. The van der Waals surface area contributed by atoms with Gasteiger partial charge in [-0.2, -0.15) is 5.26 Å². The largest absolute Gasteiger partial charge is 0.496 e. The summed E-state index contributed by atoms with van der Waals surface area (Å²) in [6, 6.07) is 9.41. The molecule has 1 aliphatic rings. The quantitative estimate of drug-likeness (QED) is 0.775. The molecular formula is C21H22BrN3O3. The van der Waals surface area contributed by atoms with Crippen molar-refractivity contribution in [2.24, 2.45) is 11.7 Å². The second-order valence-electron chi connectivity index (χ2n) is 7.18. The fourth-order valence-electron chi connectivity index (χ4n) is 3.52. The van der Waals surface area contributed by atoms with Crippen molar-refractivity contribution >= 4 is 15.9 Å². The van der Waals surface area contributed by atoms with E-state index < -0.39 is 5.92 Å². The summed E-state index contributed by atoms with van der Waals surface area (Å²) in [5.74, 6) is 0.562. The Hall–Kier alpha value is -2.72. The van der Waals surface area contributed by atoms with Crippen molar-refractivity contribution in [1.82, 2.24) is 4.57 Å². The molecule has 0 amide bonds. The first-order chi connectivity index (χ1) is 13.3. The highest BCUT2D eigenvalue weighted by molar-refractivity contribution is 9.10. The van der Waals surface area contributed by atoms with Crippen LogP contribution < -0.4 is 20.8 Å². The number of benzene rings is 1. The van der Waals surface area contributed by atoms with Crippen LogP contribution in [-0.4, -0.2) is 11.7 Å². The van der Waals surface area contributed by atoms with E-state index in [4.69, 9.17) is 15.2 Å². The maximum absolute atomic E-state index is 13.5. The number of allylic oxidation sites excluding steroid dienone is 1. The topological polar surface area (TPSA) is 90.3 Å². The number of ether oxygens (including phenoxy) is 2. The lowest BCUT2D eigenvalue weighted by Gasteiger charge is -2.28. The van der Waals surface area contributed by atoms with Crippen molar-refractivity contribution in [3.63, 3.8) is 0 Å². The number of nitriles is 1. The van der Waals surface area contributed by atoms with Crippen molar-refractivity contribution in [3.05, 3.63) is 67.4 Å². The Morgan fingerprint density at radius 2 is 2.11 bits per heavy atom. The van der Waals surface area contributed by atoms with Crippen molar-refractivity contribution in [2.45, 2.75) is 33.2 Å². The summed E-state index contributed by atoms with van der Waals surface area (Å²) in [4.78, 5) is 13.5. The molecular weight excluding hydrogens is 422 g/mol. The number of pyridine rings is 1. The molecule has 2 heterocycles. The molecule has 1 atom stereocenters. The van der Waals surface area contributed by atoms with Gasteiger partial charge in [-0.05, 0) is 31.0 Å². The summed E-state index contributed by atoms with van der Waals surface area (Å²) < 4.78 is 13.7. The first-order valence-electron chi connectivity index (χ1n) is 8.93. The number of hydrogen-bond acceptors (Lipinski definition) is 5. The first kappa shape index (κ1) is 20.0. The predicted molar refractivity (Wildman–Crippen MR) is 110 cm³/mol. The van der Waals surface area contributed by atoms with Gasteiger partial charge in [-0.25, -0.2) is 0 Å². The molecule has 0 fully saturated rings. The highest BCUT2D eigenvalue weighted by atomic mass is 79.9. The monoisotopic (exact) mass is 443 g/mol. The van der Waals surface area contributed by atoms with Crippen LogP contribution in [-0.2, 0) is 6.54 Å². The van der Waals surface area contributed by atoms with Crippen molar-refractivity contribution in [3.8, 4) is 17.6 Å². The van der Waals surface area contributed by atoms with E-state index in [1.807, 2.05) is 19.1 Å². The lowest BCUT2D eigenvalue weighted by atomic mass is 9.83. The normalized spacial score (nSPS) is 15.8. The molecule has 3 rings (SSSR count). The van der Waals surface area contributed by atoms with Gasteiger partial charge in [-0.1, -0.05) is 29.8 Å². The Morgan fingerprint density at radius 3 is 2.71 bits per heavy atom. The smallest absolute Gasteiger partial charge is 0.258 e. The lowest BCUT2D eigenvalue weighted by Crippen LogP contribution is -2.33. The maximum atomic E-state index is 13.5. The first-order valence-corrected chi connectivity index (χ1v) is 9.73. The van der Waals surface area contributed by atoms with Gasteiger partial charge in [-0.15, -0.1) is 0 Å².